The first-order valence-corrected chi connectivity index (χ1v) is 7.12. The zero-order valence-corrected chi connectivity index (χ0v) is 12.2. The second-order valence-corrected chi connectivity index (χ2v) is 6.41. The van der Waals surface area contributed by atoms with E-state index in [2.05, 4.69) is 31.1 Å². The van der Waals surface area contributed by atoms with E-state index in [1.807, 2.05) is 11.9 Å². The fourth-order valence-corrected chi connectivity index (χ4v) is 3.21. The largest absolute Gasteiger partial charge is 0.342 e. The van der Waals surface area contributed by atoms with Crippen molar-refractivity contribution in [2.45, 2.75) is 45.2 Å². The van der Waals surface area contributed by atoms with Crippen molar-refractivity contribution in [1.82, 2.24) is 15.1 Å². The zero-order valence-electron chi connectivity index (χ0n) is 12.2. The molecule has 2 saturated heterocycles. The van der Waals surface area contributed by atoms with Crippen molar-refractivity contribution in [2.75, 3.05) is 33.7 Å². The molecule has 2 fully saturated rings. The third-order valence-corrected chi connectivity index (χ3v) is 4.93. The molecular weight excluding hydrogens is 226 g/mol. The predicted octanol–water partition coefficient (Wildman–Crippen LogP) is 0.927. The fourth-order valence-electron chi connectivity index (χ4n) is 3.21. The SMILES string of the molecule is C[C@@H]1C[C@@H](N(C)C(=O)[C@@]2(C)CCNC2)CCN1C. The molecule has 2 aliphatic rings. The van der Waals surface area contributed by atoms with Gasteiger partial charge in [-0.25, -0.2) is 0 Å². The van der Waals surface area contributed by atoms with Crippen LogP contribution in [-0.2, 0) is 4.79 Å². The minimum atomic E-state index is -0.179. The summed E-state index contributed by atoms with van der Waals surface area (Å²) in [5.41, 5.74) is -0.179. The van der Waals surface area contributed by atoms with E-state index in [0.29, 0.717) is 18.0 Å². The van der Waals surface area contributed by atoms with E-state index in [-0.39, 0.29) is 5.41 Å². The molecule has 2 heterocycles. The molecule has 0 aliphatic carbocycles. The van der Waals surface area contributed by atoms with Gasteiger partial charge in [-0.2, -0.15) is 0 Å². The number of rotatable bonds is 2. The van der Waals surface area contributed by atoms with E-state index in [4.69, 9.17) is 0 Å². The van der Waals surface area contributed by atoms with Gasteiger partial charge in [0.15, 0.2) is 0 Å². The van der Waals surface area contributed by atoms with E-state index in [0.717, 1.165) is 38.9 Å². The first-order valence-electron chi connectivity index (χ1n) is 7.12. The number of hydrogen-bond donors (Lipinski definition) is 1. The Balaban J connectivity index is 1.98. The van der Waals surface area contributed by atoms with Gasteiger partial charge in [0, 0.05) is 32.2 Å². The lowest BCUT2D eigenvalue weighted by atomic mass is 9.86. The lowest BCUT2D eigenvalue weighted by molar-refractivity contribution is -0.142. The highest BCUT2D eigenvalue weighted by Gasteiger charge is 2.40. The van der Waals surface area contributed by atoms with Crippen LogP contribution in [0.5, 0.6) is 0 Å². The maximum Gasteiger partial charge on any atom is 0.229 e. The fraction of sp³-hybridized carbons (Fsp3) is 0.929. The Labute approximate surface area is 111 Å². The predicted molar refractivity (Wildman–Crippen MR) is 73.5 cm³/mol. The summed E-state index contributed by atoms with van der Waals surface area (Å²) in [6, 6.07) is 0.995. The summed E-state index contributed by atoms with van der Waals surface area (Å²) in [7, 11) is 4.17. The highest BCUT2D eigenvalue weighted by atomic mass is 16.2. The maximum absolute atomic E-state index is 12.6. The Morgan fingerprint density at radius 2 is 2.22 bits per heavy atom. The van der Waals surface area contributed by atoms with Gasteiger partial charge in [0.05, 0.1) is 5.41 Å². The number of carbonyl (C=O) groups excluding carboxylic acids is 1. The Morgan fingerprint density at radius 1 is 1.50 bits per heavy atom. The van der Waals surface area contributed by atoms with Crippen LogP contribution in [0.15, 0.2) is 0 Å². The van der Waals surface area contributed by atoms with Crippen LogP contribution in [-0.4, -0.2) is 61.5 Å². The van der Waals surface area contributed by atoms with Crippen molar-refractivity contribution in [2.24, 2.45) is 5.41 Å². The first-order chi connectivity index (χ1) is 8.44. The number of piperidine rings is 1. The average molecular weight is 253 g/mol. The Hall–Kier alpha value is -0.610. The molecule has 4 nitrogen and oxygen atoms in total. The van der Waals surface area contributed by atoms with Crippen molar-refractivity contribution in [1.29, 1.82) is 0 Å². The lowest BCUT2D eigenvalue weighted by Gasteiger charge is -2.41. The molecular formula is C14H27N3O. The number of amides is 1. The number of nitrogens with zero attached hydrogens (tertiary/aromatic N) is 2. The van der Waals surface area contributed by atoms with Gasteiger partial charge in [-0.1, -0.05) is 0 Å². The van der Waals surface area contributed by atoms with Crippen molar-refractivity contribution in [3.05, 3.63) is 0 Å². The molecule has 104 valence electrons. The van der Waals surface area contributed by atoms with Crippen LogP contribution in [0.2, 0.25) is 0 Å². The van der Waals surface area contributed by atoms with Crippen LogP contribution in [0.4, 0.5) is 0 Å². The van der Waals surface area contributed by atoms with Crippen LogP contribution in [0.25, 0.3) is 0 Å². The molecule has 0 radical (unpaired) electrons. The van der Waals surface area contributed by atoms with Crippen LogP contribution >= 0.6 is 0 Å². The highest BCUT2D eigenvalue weighted by Crippen LogP contribution is 2.29. The van der Waals surface area contributed by atoms with Crippen molar-refractivity contribution in [3.8, 4) is 0 Å². The van der Waals surface area contributed by atoms with Gasteiger partial charge in [-0.3, -0.25) is 4.79 Å². The Bertz CT molecular complexity index is 312. The van der Waals surface area contributed by atoms with Gasteiger partial charge in [0.25, 0.3) is 0 Å². The van der Waals surface area contributed by atoms with E-state index in [1.165, 1.54) is 0 Å². The summed E-state index contributed by atoms with van der Waals surface area (Å²) in [5.74, 6) is 0.328. The third-order valence-electron chi connectivity index (χ3n) is 4.93. The molecule has 0 unspecified atom stereocenters. The molecule has 0 bridgehead atoms. The third kappa shape index (κ3) is 2.54. The summed E-state index contributed by atoms with van der Waals surface area (Å²) >= 11 is 0. The normalized spacial score (nSPS) is 37.8. The second kappa shape index (κ2) is 5.17. The van der Waals surface area contributed by atoms with Crippen molar-refractivity contribution in [3.63, 3.8) is 0 Å². The second-order valence-electron chi connectivity index (χ2n) is 6.41. The minimum Gasteiger partial charge on any atom is -0.342 e. The van der Waals surface area contributed by atoms with Crippen LogP contribution in [0.3, 0.4) is 0 Å². The number of nitrogens with one attached hydrogen (secondary N) is 1. The molecule has 0 aromatic carbocycles. The summed E-state index contributed by atoms with van der Waals surface area (Å²) in [6.07, 6.45) is 3.17. The monoisotopic (exact) mass is 253 g/mol. The van der Waals surface area contributed by atoms with Gasteiger partial charge in [0.1, 0.15) is 0 Å². The van der Waals surface area contributed by atoms with Gasteiger partial charge in [-0.05, 0) is 46.7 Å². The molecule has 0 aromatic heterocycles. The number of hydrogen-bond acceptors (Lipinski definition) is 3. The van der Waals surface area contributed by atoms with Gasteiger partial charge in [0.2, 0.25) is 5.91 Å². The molecule has 4 heteroatoms. The van der Waals surface area contributed by atoms with E-state index < -0.39 is 0 Å². The van der Waals surface area contributed by atoms with Crippen LogP contribution in [0, 0.1) is 5.41 Å². The highest BCUT2D eigenvalue weighted by molar-refractivity contribution is 5.83. The quantitative estimate of drug-likeness (QED) is 0.795. The summed E-state index contributed by atoms with van der Waals surface area (Å²) in [4.78, 5) is 17.0. The van der Waals surface area contributed by atoms with Gasteiger partial charge >= 0.3 is 0 Å². The Kier molecular flexibility index (Phi) is 3.97. The number of likely N-dealkylation sites (tertiary alicyclic amines) is 1. The number of carbonyl (C=O) groups is 1. The van der Waals surface area contributed by atoms with Gasteiger partial charge in [-0.15, -0.1) is 0 Å². The minimum absolute atomic E-state index is 0.179. The van der Waals surface area contributed by atoms with E-state index in [1.54, 1.807) is 0 Å². The summed E-state index contributed by atoms with van der Waals surface area (Å²) in [6.45, 7) is 7.25. The summed E-state index contributed by atoms with van der Waals surface area (Å²) in [5, 5.41) is 3.31. The van der Waals surface area contributed by atoms with Crippen LogP contribution in [0.1, 0.15) is 33.1 Å². The lowest BCUT2D eigenvalue weighted by Crippen LogP contribution is -2.51. The molecule has 0 saturated carbocycles. The van der Waals surface area contributed by atoms with Crippen LogP contribution < -0.4 is 5.32 Å². The topological polar surface area (TPSA) is 35.6 Å². The zero-order chi connectivity index (χ0) is 13.3. The molecule has 3 atom stereocenters. The van der Waals surface area contributed by atoms with E-state index in [9.17, 15) is 4.79 Å². The molecule has 18 heavy (non-hydrogen) atoms. The summed E-state index contributed by atoms with van der Waals surface area (Å²) < 4.78 is 0. The molecule has 1 amide bonds. The standard InChI is InChI=1S/C14H27N3O/c1-11-9-12(5-8-16(11)3)17(4)13(18)14(2)6-7-15-10-14/h11-12,15H,5-10H2,1-4H3/t11-,12+,14+/m1/s1. The molecule has 0 spiro atoms. The van der Waals surface area contributed by atoms with Gasteiger partial charge < -0.3 is 15.1 Å². The first kappa shape index (κ1) is 13.8. The molecule has 0 aromatic rings. The molecule has 2 aliphatic heterocycles. The Morgan fingerprint density at radius 3 is 2.78 bits per heavy atom. The molecule has 2 rings (SSSR count). The maximum atomic E-state index is 12.6. The van der Waals surface area contributed by atoms with Crippen molar-refractivity contribution < 1.29 is 4.79 Å². The smallest absolute Gasteiger partial charge is 0.229 e. The van der Waals surface area contributed by atoms with Crippen molar-refractivity contribution >= 4 is 5.91 Å². The molecule has 1 N–H and O–H groups in total. The van der Waals surface area contributed by atoms with E-state index >= 15 is 0 Å². The average Bonchev–Trinajstić information content (AvgIpc) is 2.79.